The molecule has 0 fully saturated rings. The second-order valence-electron chi connectivity index (χ2n) is 8.95. The molecule has 0 aromatic heterocycles. The van der Waals surface area contributed by atoms with Crippen LogP contribution in [0.25, 0.3) is 16.7 Å². The highest BCUT2D eigenvalue weighted by atomic mass is 16.2. The Morgan fingerprint density at radius 2 is 1.28 bits per heavy atom. The van der Waals surface area contributed by atoms with Crippen LogP contribution in [0, 0.1) is 0 Å². The van der Waals surface area contributed by atoms with E-state index in [2.05, 4.69) is 84.0 Å². The number of aliphatic hydroxyl groups is 1. The molecular formula is C24H32O. The van der Waals surface area contributed by atoms with Crippen LogP contribution in [-0.2, 0) is 10.8 Å². The predicted octanol–water partition coefficient (Wildman–Crippen LogP) is 6.34. The van der Waals surface area contributed by atoms with Crippen molar-refractivity contribution in [2.75, 3.05) is 6.61 Å². The Morgan fingerprint density at radius 1 is 0.800 bits per heavy atom. The Balaban J connectivity index is 2.53. The summed E-state index contributed by atoms with van der Waals surface area (Å²) in [4.78, 5) is 0. The van der Waals surface area contributed by atoms with Crippen LogP contribution in [0.15, 0.2) is 48.5 Å². The summed E-state index contributed by atoms with van der Waals surface area (Å²) in [5, 5.41) is 9.07. The van der Waals surface area contributed by atoms with Crippen molar-refractivity contribution < 1.29 is 5.11 Å². The lowest BCUT2D eigenvalue weighted by Crippen LogP contribution is -2.16. The molecule has 0 radical (unpaired) electrons. The first-order valence-electron chi connectivity index (χ1n) is 9.07. The average molecular weight is 337 g/mol. The molecule has 0 atom stereocenters. The van der Waals surface area contributed by atoms with E-state index in [1.165, 1.54) is 22.3 Å². The van der Waals surface area contributed by atoms with Crippen molar-refractivity contribution in [1.29, 1.82) is 0 Å². The van der Waals surface area contributed by atoms with E-state index in [1.54, 1.807) is 0 Å². The summed E-state index contributed by atoms with van der Waals surface area (Å²) in [5.74, 6) is 0. The van der Waals surface area contributed by atoms with Crippen molar-refractivity contribution in [3.63, 3.8) is 0 Å². The number of allylic oxidation sites excluding steroid dienone is 1. The normalized spacial score (nSPS) is 13.2. The molecule has 0 amide bonds. The van der Waals surface area contributed by atoms with Gasteiger partial charge in [-0.25, -0.2) is 0 Å². The molecule has 1 heteroatoms. The second-order valence-corrected chi connectivity index (χ2v) is 8.95. The molecular weight excluding hydrogens is 304 g/mol. The highest BCUT2D eigenvalue weighted by Gasteiger charge is 2.20. The van der Waals surface area contributed by atoms with E-state index in [0.717, 1.165) is 11.1 Å². The van der Waals surface area contributed by atoms with Crippen LogP contribution >= 0.6 is 0 Å². The van der Waals surface area contributed by atoms with Gasteiger partial charge in [0.2, 0.25) is 0 Å². The minimum absolute atomic E-state index is 0.0795. The molecule has 2 aromatic rings. The minimum Gasteiger partial charge on any atom is -0.392 e. The van der Waals surface area contributed by atoms with Crippen molar-refractivity contribution in [2.24, 2.45) is 0 Å². The molecule has 0 aliphatic rings. The van der Waals surface area contributed by atoms with E-state index in [1.807, 2.05) is 13.0 Å². The first-order chi connectivity index (χ1) is 11.5. The minimum atomic E-state index is 0.0795. The lowest BCUT2D eigenvalue weighted by atomic mass is 9.79. The molecule has 0 aliphatic heterocycles. The number of rotatable bonds is 3. The van der Waals surface area contributed by atoms with Gasteiger partial charge in [0.1, 0.15) is 0 Å². The van der Waals surface area contributed by atoms with Crippen LogP contribution in [0.5, 0.6) is 0 Å². The smallest absolute Gasteiger partial charge is 0.0618 e. The molecule has 0 aliphatic carbocycles. The zero-order valence-corrected chi connectivity index (χ0v) is 16.8. The second kappa shape index (κ2) is 7.17. The van der Waals surface area contributed by atoms with Gasteiger partial charge in [0, 0.05) is 0 Å². The molecule has 2 rings (SSSR count). The molecule has 2 aromatic carbocycles. The largest absolute Gasteiger partial charge is 0.392 e. The van der Waals surface area contributed by atoms with E-state index < -0.39 is 0 Å². The monoisotopic (exact) mass is 336 g/mol. The van der Waals surface area contributed by atoms with Crippen molar-refractivity contribution in [3.8, 4) is 11.1 Å². The third kappa shape index (κ3) is 4.83. The summed E-state index contributed by atoms with van der Waals surface area (Å²) >= 11 is 0. The van der Waals surface area contributed by atoms with Crippen molar-refractivity contribution in [1.82, 2.24) is 0 Å². The fourth-order valence-electron chi connectivity index (χ4n) is 2.84. The summed E-state index contributed by atoms with van der Waals surface area (Å²) in [6.07, 6.45) is 1.84. The SMILES string of the molecule is C/C(=C\CO)c1ccc(-c2cc(C(C)(C)C)cc(C(C)(C)C)c2)cc1. The van der Waals surface area contributed by atoms with Crippen LogP contribution in [0.2, 0.25) is 0 Å². The topological polar surface area (TPSA) is 20.2 Å². The highest BCUT2D eigenvalue weighted by Crippen LogP contribution is 2.34. The van der Waals surface area contributed by atoms with Gasteiger partial charge in [-0.15, -0.1) is 0 Å². The molecule has 1 N–H and O–H groups in total. The summed E-state index contributed by atoms with van der Waals surface area (Å²) in [7, 11) is 0. The highest BCUT2D eigenvalue weighted by molar-refractivity contribution is 5.71. The average Bonchev–Trinajstić information content (AvgIpc) is 2.53. The van der Waals surface area contributed by atoms with E-state index in [-0.39, 0.29) is 17.4 Å². The Labute approximate surface area is 153 Å². The molecule has 134 valence electrons. The number of hydrogen-bond donors (Lipinski definition) is 1. The van der Waals surface area contributed by atoms with Crippen molar-refractivity contribution in [3.05, 3.63) is 65.2 Å². The quantitative estimate of drug-likeness (QED) is 0.693. The van der Waals surface area contributed by atoms with Crippen LogP contribution in [-0.4, -0.2) is 11.7 Å². The fourth-order valence-corrected chi connectivity index (χ4v) is 2.84. The Bertz CT molecular complexity index is 718. The molecule has 1 nitrogen and oxygen atoms in total. The third-order valence-corrected chi connectivity index (χ3v) is 4.74. The lowest BCUT2D eigenvalue weighted by molar-refractivity contribution is 0.343. The van der Waals surface area contributed by atoms with Crippen molar-refractivity contribution >= 4 is 5.57 Å². The number of aliphatic hydroxyl groups excluding tert-OH is 1. The zero-order valence-electron chi connectivity index (χ0n) is 16.8. The van der Waals surface area contributed by atoms with Crippen molar-refractivity contribution in [2.45, 2.75) is 59.3 Å². The maximum atomic E-state index is 9.07. The summed E-state index contributed by atoms with van der Waals surface area (Å²) in [6, 6.07) is 15.6. The van der Waals surface area contributed by atoms with Gasteiger partial charge < -0.3 is 5.11 Å². The van der Waals surface area contributed by atoms with Gasteiger partial charge in [-0.05, 0) is 51.1 Å². The predicted molar refractivity (Wildman–Crippen MR) is 110 cm³/mol. The molecule has 0 heterocycles. The summed E-state index contributed by atoms with van der Waals surface area (Å²) in [5.41, 5.74) is 7.75. The molecule has 0 spiro atoms. The molecule has 0 bridgehead atoms. The van der Waals surface area contributed by atoms with E-state index in [9.17, 15) is 0 Å². The summed E-state index contributed by atoms with van der Waals surface area (Å²) in [6.45, 7) is 15.7. The van der Waals surface area contributed by atoms with E-state index in [4.69, 9.17) is 5.11 Å². The van der Waals surface area contributed by atoms with Gasteiger partial charge in [0.25, 0.3) is 0 Å². The number of hydrogen-bond acceptors (Lipinski definition) is 1. The zero-order chi connectivity index (χ0) is 18.8. The maximum Gasteiger partial charge on any atom is 0.0618 e. The van der Waals surface area contributed by atoms with Gasteiger partial charge in [0.15, 0.2) is 0 Å². The third-order valence-electron chi connectivity index (χ3n) is 4.74. The summed E-state index contributed by atoms with van der Waals surface area (Å²) < 4.78 is 0. The molecule has 0 saturated heterocycles. The van der Waals surface area contributed by atoms with Crippen LogP contribution in [0.4, 0.5) is 0 Å². The van der Waals surface area contributed by atoms with Gasteiger partial charge in [-0.3, -0.25) is 0 Å². The fraction of sp³-hybridized carbons (Fsp3) is 0.417. The molecule has 0 saturated carbocycles. The van der Waals surface area contributed by atoms with Gasteiger partial charge >= 0.3 is 0 Å². The Hall–Kier alpha value is -1.86. The maximum absolute atomic E-state index is 9.07. The Kier molecular flexibility index (Phi) is 5.58. The van der Waals surface area contributed by atoms with E-state index in [0.29, 0.717) is 0 Å². The first-order valence-corrected chi connectivity index (χ1v) is 9.07. The van der Waals surface area contributed by atoms with Gasteiger partial charge in [-0.1, -0.05) is 90.1 Å². The standard InChI is InChI=1S/C24H32O/c1-17(12-13-25)18-8-10-19(11-9-18)20-14-21(23(2,3)4)16-22(15-20)24(5,6)7/h8-12,14-16,25H,13H2,1-7H3/b17-12+. The first kappa shape index (κ1) is 19.5. The van der Waals surface area contributed by atoms with Crippen LogP contribution < -0.4 is 0 Å². The van der Waals surface area contributed by atoms with Gasteiger partial charge in [0.05, 0.1) is 6.61 Å². The number of benzene rings is 2. The molecule has 0 unspecified atom stereocenters. The van der Waals surface area contributed by atoms with Crippen LogP contribution in [0.3, 0.4) is 0 Å². The van der Waals surface area contributed by atoms with E-state index >= 15 is 0 Å². The van der Waals surface area contributed by atoms with Crippen LogP contribution in [0.1, 0.15) is 65.2 Å². The lowest BCUT2D eigenvalue weighted by Gasteiger charge is -2.26. The Morgan fingerprint density at radius 3 is 1.68 bits per heavy atom. The molecule has 25 heavy (non-hydrogen) atoms. The van der Waals surface area contributed by atoms with Gasteiger partial charge in [-0.2, -0.15) is 0 Å².